The van der Waals surface area contributed by atoms with E-state index in [1.807, 2.05) is 31.2 Å². The van der Waals surface area contributed by atoms with Crippen molar-refractivity contribution in [1.29, 1.82) is 0 Å². The molecule has 0 aliphatic heterocycles. The molecule has 1 saturated carbocycles. The van der Waals surface area contributed by atoms with Crippen LogP contribution in [0.1, 0.15) is 43.0 Å². The van der Waals surface area contributed by atoms with Gasteiger partial charge in [-0.25, -0.2) is 0 Å². The molecular formula is C16H19N7O. The highest BCUT2D eigenvalue weighted by atomic mass is 16.5. The Labute approximate surface area is 139 Å². The predicted molar refractivity (Wildman–Crippen MR) is 85.7 cm³/mol. The van der Waals surface area contributed by atoms with Gasteiger partial charge in [0.1, 0.15) is 6.54 Å². The zero-order chi connectivity index (χ0) is 16.6. The maximum atomic E-state index is 6.34. The van der Waals surface area contributed by atoms with Crippen molar-refractivity contribution in [3.05, 3.63) is 41.5 Å². The molecular weight excluding hydrogens is 306 g/mol. The molecule has 0 radical (unpaired) electrons. The first-order valence-corrected chi connectivity index (χ1v) is 8.09. The van der Waals surface area contributed by atoms with Gasteiger partial charge in [0.25, 0.3) is 0 Å². The minimum atomic E-state index is -0.454. The van der Waals surface area contributed by atoms with Gasteiger partial charge in [-0.3, -0.25) is 0 Å². The molecule has 3 aromatic rings. The first-order valence-electron chi connectivity index (χ1n) is 8.09. The standard InChI is InChI=1S/C16H19N7O/c1-11-4-6-12(7-5-11)14-19-22-23(20-14)10-13-18-15(21-24-13)16(17)8-2-3-9-16/h4-7H,2-3,8-10,17H2,1H3. The Kier molecular flexibility index (Phi) is 3.61. The van der Waals surface area contributed by atoms with Crippen molar-refractivity contribution < 1.29 is 4.52 Å². The quantitative estimate of drug-likeness (QED) is 0.779. The lowest BCUT2D eigenvalue weighted by molar-refractivity contribution is 0.336. The molecule has 1 aliphatic carbocycles. The molecule has 8 nitrogen and oxygen atoms in total. The minimum Gasteiger partial charge on any atom is -0.337 e. The first kappa shape index (κ1) is 14.9. The summed E-state index contributed by atoms with van der Waals surface area (Å²) in [4.78, 5) is 5.87. The smallest absolute Gasteiger partial charge is 0.250 e. The van der Waals surface area contributed by atoms with Crippen molar-refractivity contribution in [2.75, 3.05) is 0 Å². The largest absolute Gasteiger partial charge is 0.337 e. The number of tetrazole rings is 1. The second kappa shape index (κ2) is 5.79. The van der Waals surface area contributed by atoms with Crippen molar-refractivity contribution in [2.45, 2.75) is 44.7 Å². The number of aromatic nitrogens is 6. The van der Waals surface area contributed by atoms with E-state index in [2.05, 4.69) is 25.6 Å². The predicted octanol–water partition coefficient (Wildman–Crippen LogP) is 1.81. The molecule has 24 heavy (non-hydrogen) atoms. The van der Waals surface area contributed by atoms with Crippen LogP contribution >= 0.6 is 0 Å². The number of hydrogen-bond donors (Lipinski definition) is 1. The van der Waals surface area contributed by atoms with Gasteiger partial charge in [0.15, 0.2) is 5.82 Å². The van der Waals surface area contributed by atoms with E-state index in [4.69, 9.17) is 10.3 Å². The number of benzene rings is 1. The summed E-state index contributed by atoms with van der Waals surface area (Å²) in [5, 5.41) is 16.5. The molecule has 8 heteroatoms. The van der Waals surface area contributed by atoms with Gasteiger partial charge in [-0.05, 0) is 25.0 Å². The third kappa shape index (κ3) is 2.80. The summed E-state index contributed by atoms with van der Waals surface area (Å²) in [7, 11) is 0. The lowest BCUT2D eigenvalue weighted by Crippen LogP contribution is -2.34. The summed E-state index contributed by atoms with van der Waals surface area (Å²) in [6.07, 6.45) is 3.99. The van der Waals surface area contributed by atoms with Gasteiger partial charge < -0.3 is 10.3 Å². The SMILES string of the molecule is Cc1ccc(-c2nnn(Cc3nc(C4(N)CCCC4)no3)n2)cc1. The molecule has 0 spiro atoms. The van der Waals surface area contributed by atoms with Crippen LogP contribution in [0, 0.1) is 6.92 Å². The summed E-state index contributed by atoms with van der Waals surface area (Å²) >= 11 is 0. The van der Waals surface area contributed by atoms with Crippen LogP contribution in [0.5, 0.6) is 0 Å². The van der Waals surface area contributed by atoms with Crippen molar-refractivity contribution in [3.8, 4) is 11.4 Å². The lowest BCUT2D eigenvalue weighted by Gasteiger charge is -2.17. The van der Waals surface area contributed by atoms with Crippen molar-refractivity contribution in [1.82, 2.24) is 30.3 Å². The average Bonchev–Trinajstić information content (AvgIpc) is 3.30. The Morgan fingerprint density at radius 3 is 2.71 bits per heavy atom. The van der Waals surface area contributed by atoms with E-state index in [0.29, 0.717) is 17.5 Å². The van der Waals surface area contributed by atoms with Crippen LogP contribution in [0.2, 0.25) is 0 Å². The van der Waals surface area contributed by atoms with E-state index < -0.39 is 5.54 Å². The Bertz CT molecular complexity index is 830. The number of aryl methyl sites for hydroxylation is 1. The Balaban J connectivity index is 1.50. The molecule has 2 aromatic heterocycles. The van der Waals surface area contributed by atoms with Gasteiger partial charge in [0.05, 0.1) is 5.54 Å². The average molecular weight is 325 g/mol. The third-order valence-electron chi connectivity index (χ3n) is 4.45. The molecule has 0 saturated heterocycles. The highest BCUT2D eigenvalue weighted by Crippen LogP contribution is 2.34. The summed E-state index contributed by atoms with van der Waals surface area (Å²) < 4.78 is 5.31. The topological polar surface area (TPSA) is 109 Å². The molecule has 0 atom stereocenters. The number of nitrogens with zero attached hydrogens (tertiary/aromatic N) is 6. The Hall–Kier alpha value is -2.61. The molecule has 2 N–H and O–H groups in total. The number of hydrogen-bond acceptors (Lipinski definition) is 7. The van der Waals surface area contributed by atoms with Crippen LogP contribution < -0.4 is 5.73 Å². The highest BCUT2D eigenvalue weighted by molar-refractivity contribution is 5.53. The summed E-state index contributed by atoms with van der Waals surface area (Å²) in [6.45, 7) is 2.32. The third-order valence-corrected chi connectivity index (χ3v) is 4.45. The highest BCUT2D eigenvalue weighted by Gasteiger charge is 2.36. The zero-order valence-electron chi connectivity index (χ0n) is 13.5. The Morgan fingerprint density at radius 2 is 1.96 bits per heavy atom. The van der Waals surface area contributed by atoms with Crippen molar-refractivity contribution in [3.63, 3.8) is 0 Å². The molecule has 0 bridgehead atoms. The molecule has 1 aromatic carbocycles. The molecule has 4 rings (SSSR count). The maximum absolute atomic E-state index is 6.34. The molecule has 2 heterocycles. The van der Waals surface area contributed by atoms with E-state index in [1.165, 1.54) is 10.4 Å². The monoisotopic (exact) mass is 325 g/mol. The fraction of sp³-hybridized carbons (Fsp3) is 0.438. The van der Waals surface area contributed by atoms with Crippen LogP contribution in [0.4, 0.5) is 0 Å². The van der Waals surface area contributed by atoms with Crippen molar-refractivity contribution >= 4 is 0 Å². The molecule has 124 valence electrons. The molecule has 1 fully saturated rings. The minimum absolute atomic E-state index is 0.280. The zero-order valence-corrected chi connectivity index (χ0v) is 13.5. The Morgan fingerprint density at radius 1 is 1.21 bits per heavy atom. The summed E-state index contributed by atoms with van der Waals surface area (Å²) in [5.74, 6) is 1.59. The van der Waals surface area contributed by atoms with Gasteiger partial charge in [-0.2, -0.15) is 9.78 Å². The number of nitrogens with two attached hydrogens (primary N) is 1. The summed E-state index contributed by atoms with van der Waals surface area (Å²) in [5.41, 5.74) is 8.00. The van der Waals surface area contributed by atoms with E-state index >= 15 is 0 Å². The van der Waals surface area contributed by atoms with E-state index in [-0.39, 0.29) is 6.54 Å². The van der Waals surface area contributed by atoms with E-state index in [1.54, 1.807) is 0 Å². The van der Waals surface area contributed by atoms with Crippen LogP contribution in [-0.4, -0.2) is 30.3 Å². The molecule has 1 aliphatic rings. The molecule has 0 amide bonds. The first-order chi connectivity index (χ1) is 11.6. The number of rotatable bonds is 4. The fourth-order valence-corrected chi connectivity index (χ4v) is 3.00. The van der Waals surface area contributed by atoms with Gasteiger partial charge in [-0.1, -0.05) is 47.8 Å². The second-order valence-corrected chi connectivity index (χ2v) is 6.38. The normalized spacial score (nSPS) is 16.6. The fourth-order valence-electron chi connectivity index (χ4n) is 3.00. The van der Waals surface area contributed by atoms with E-state index in [9.17, 15) is 0 Å². The lowest BCUT2D eigenvalue weighted by atomic mass is 9.99. The summed E-state index contributed by atoms with van der Waals surface area (Å²) in [6, 6.07) is 7.98. The van der Waals surface area contributed by atoms with Crippen LogP contribution in [0.25, 0.3) is 11.4 Å². The van der Waals surface area contributed by atoms with Gasteiger partial charge in [0, 0.05) is 5.56 Å². The van der Waals surface area contributed by atoms with E-state index in [0.717, 1.165) is 31.2 Å². The molecule has 0 unspecified atom stereocenters. The maximum Gasteiger partial charge on any atom is 0.250 e. The van der Waals surface area contributed by atoms with Crippen LogP contribution in [0.15, 0.2) is 28.8 Å². The second-order valence-electron chi connectivity index (χ2n) is 6.38. The van der Waals surface area contributed by atoms with Gasteiger partial charge in [-0.15, -0.1) is 10.2 Å². The van der Waals surface area contributed by atoms with Crippen molar-refractivity contribution in [2.24, 2.45) is 5.73 Å². The van der Waals surface area contributed by atoms with Gasteiger partial charge in [0.2, 0.25) is 11.7 Å². The van der Waals surface area contributed by atoms with Crippen LogP contribution in [-0.2, 0) is 12.1 Å². The van der Waals surface area contributed by atoms with Crippen LogP contribution in [0.3, 0.4) is 0 Å². The van der Waals surface area contributed by atoms with Gasteiger partial charge >= 0.3 is 0 Å².